The van der Waals surface area contributed by atoms with Gasteiger partial charge >= 0.3 is 0 Å². The molecule has 10 aromatic carbocycles. The highest BCUT2D eigenvalue weighted by atomic mass is 15.2. The maximum atomic E-state index is 5.40. The summed E-state index contributed by atoms with van der Waals surface area (Å²) in [6.45, 7) is 0. The number of rotatable bonds is 6. The Labute approximate surface area is 405 Å². The molecule has 14 rings (SSSR count). The van der Waals surface area contributed by atoms with Crippen LogP contribution < -0.4 is 4.90 Å². The number of para-hydroxylation sites is 4. The van der Waals surface area contributed by atoms with Gasteiger partial charge in [0.1, 0.15) is 0 Å². The van der Waals surface area contributed by atoms with Crippen LogP contribution in [-0.2, 0) is 5.41 Å². The van der Waals surface area contributed by atoms with E-state index in [9.17, 15) is 0 Å². The van der Waals surface area contributed by atoms with Crippen molar-refractivity contribution in [3.05, 3.63) is 271 Å². The van der Waals surface area contributed by atoms with Gasteiger partial charge < -0.3 is 4.90 Å². The predicted molar refractivity (Wildman–Crippen MR) is 285 cm³/mol. The van der Waals surface area contributed by atoms with Crippen LogP contribution >= 0.6 is 0 Å². The summed E-state index contributed by atoms with van der Waals surface area (Å²) in [7, 11) is 0. The SMILES string of the molecule is c1ccc(-c2nc(-c3ccccc3)nc(-c3ccc(-c4ccc5c(c4)-c4c(ccc6c(-c7ccccc7)nc7ccccc7c46)C54c5ccccc5N(c5ccccc5)c5ccccc54)cc3)n2)cc1. The fourth-order valence-electron chi connectivity index (χ4n) is 11.3. The number of fused-ring (bicyclic) bond motifs is 13. The van der Waals surface area contributed by atoms with Crippen LogP contribution in [0.2, 0.25) is 0 Å². The lowest BCUT2D eigenvalue weighted by molar-refractivity contribution is 0.753. The molecular weight excluding hydrogens is 851 g/mol. The van der Waals surface area contributed by atoms with Crippen molar-refractivity contribution < 1.29 is 0 Å². The topological polar surface area (TPSA) is 54.8 Å². The van der Waals surface area contributed by atoms with Crippen LogP contribution in [-0.4, -0.2) is 19.9 Å². The zero-order valence-corrected chi connectivity index (χ0v) is 37.9. The first-order valence-corrected chi connectivity index (χ1v) is 23.8. The minimum Gasteiger partial charge on any atom is -0.310 e. The highest BCUT2D eigenvalue weighted by Gasteiger charge is 2.52. The van der Waals surface area contributed by atoms with Crippen molar-refractivity contribution in [1.29, 1.82) is 0 Å². The van der Waals surface area contributed by atoms with Gasteiger partial charge in [-0.3, -0.25) is 0 Å². The molecule has 0 unspecified atom stereocenters. The summed E-state index contributed by atoms with van der Waals surface area (Å²) < 4.78 is 0. The second-order valence-electron chi connectivity index (χ2n) is 18.1. The average molecular weight is 892 g/mol. The summed E-state index contributed by atoms with van der Waals surface area (Å²) in [5, 5.41) is 3.48. The maximum Gasteiger partial charge on any atom is 0.164 e. The van der Waals surface area contributed by atoms with E-state index >= 15 is 0 Å². The van der Waals surface area contributed by atoms with Gasteiger partial charge in [0.25, 0.3) is 0 Å². The third-order valence-electron chi connectivity index (χ3n) is 14.3. The molecule has 1 spiro atoms. The van der Waals surface area contributed by atoms with Gasteiger partial charge in [0.15, 0.2) is 17.5 Å². The highest BCUT2D eigenvalue weighted by molar-refractivity contribution is 6.20. The first kappa shape index (κ1) is 39.8. The van der Waals surface area contributed by atoms with E-state index in [-0.39, 0.29) is 0 Å². The lowest BCUT2D eigenvalue weighted by Gasteiger charge is -2.45. The Kier molecular flexibility index (Phi) is 9.04. The van der Waals surface area contributed by atoms with Gasteiger partial charge in [-0.1, -0.05) is 212 Å². The number of hydrogen-bond acceptors (Lipinski definition) is 5. The Morgan fingerprint density at radius 2 is 0.786 bits per heavy atom. The monoisotopic (exact) mass is 891 g/mol. The van der Waals surface area contributed by atoms with Gasteiger partial charge in [-0.25, -0.2) is 19.9 Å². The molecule has 1 aliphatic carbocycles. The highest BCUT2D eigenvalue weighted by Crippen LogP contribution is 2.65. The molecule has 12 aromatic rings. The number of aromatic nitrogens is 4. The van der Waals surface area contributed by atoms with Crippen LogP contribution in [0.1, 0.15) is 22.3 Å². The zero-order valence-electron chi connectivity index (χ0n) is 37.9. The van der Waals surface area contributed by atoms with Crippen LogP contribution in [0.5, 0.6) is 0 Å². The molecular formula is C65H41N5. The van der Waals surface area contributed by atoms with Crippen LogP contribution in [0.3, 0.4) is 0 Å². The first-order chi connectivity index (χ1) is 34.7. The fourth-order valence-corrected chi connectivity index (χ4v) is 11.3. The predicted octanol–water partition coefficient (Wildman–Crippen LogP) is 16.1. The molecule has 1 aliphatic heterocycles. The Bertz CT molecular complexity index is 3880. The van der Waals surface area contributed by atoms with E-state index in [2.05, 4.69) is 193 Å². The molecule has 2 aliphatic rings. The summed E-state index contributed by atoms with van der Waals surface area (Å²) >= 11 is 0. The van der Waals surface area contributed by atoms with E-state index in [0.29, 0.717) is 17.5 Å². The Hall–Kier alpha value is -9.32. The van der Waals surface area contributed by atoms with Crippen LogP contribution in [0.15, 0.2) is 249 Å². The van der Waals surface area contributed by atoms with E-state index in [0.717, 1.165) is 61.1 Å². The summed E-state index contributed by atoms with van der Waals surface area (Å²) in [6.07, 6.45) is 0. The first-order valence-electron chi connectivity index (χ1n) is 23.8. The van der Waals surface area contributed by atoms with Crippen molar-refractivity contribution in [1.82, 2.24) is 19.9 Å². The smallest absolute Gasteiger partial charge is 0.164 e. The lowest BCUT2D eigenvalue weighted by Crippen LogP contribution is -2.36. The number of hydrogen-bond donors (Lipinski definition) is 0. The van der Waals surface area contributed by atoms with E-state index in [1.54, 1.807) is 0 Å². The third kappa shape index (κ3) is 6.05. The number of anilines is 3. The molecule has 5 heteroatoms. The van der Waals surface area contributed by atoms with E-state index in [1.165, 1.54) is 50.1 Å². The molecule has 0 atom stereocenters. The third-order valence-corrected chi connectivity index (χ3v) is 14.3. The van der Waals surface area contributed by atoms with Gasteiger partial charge in [-0.05, 0) is 80.9 Å². The summed E-state index contributed by atoms with van der Waals surface area (Å²) in [5.41, 5.74) is 18.4. The fraction of sp³-hybridized carbons (Fsp3) is 0.0154. The molecule has 0 bridgehead atoms. The van der Waals surface area contributed by atoms with Crippen molar-refractivity contribution in [2.24, 2.45) is 0 Å². The standard InChI is InChI=1S/C65H41N5/c1-5-19-43(20-6-1)61-50-38-40-55-60(59(50)49-27-13-16-30-56(49)66-61)51-41-47(42-33-35-46(36-34-42)64-68-62(44-21-7-2-8-22-44)67-63(69-64)45-23-9-3-10-24-45)37-39-52(51)65(55)53-28-14-17-31-57(53)70(48-25-11-4-12-26-48)58-32-18-15-29-54(58)65/h1-41H. The van der Waals surface area contributed by atoms with Gasteiger partial charge in [0.05, 0.1) is 28.0 Å². The minimum atomic E-state index is -0.636. The van der Waals surface area contributed by atoms with Crippen molar-refractivity contribution in [2.75, 3.05) is 4.90 Å². The second-order valence-corrected chi connectivity index (χ2v) is 18.1. The molecule has 326 valence electrons. The molecule has 0 amide bonds. The number of benzene rings is 10. The Balaban J connectivity index is 1.01. The Morgan fingerprint density at radius 3 is 1.40 bits per heavy atom. The molecule has 0 saturated carbocycles. The van der Waals surface area contributed by atoms with Crippen molar-refractivity contribution in [3.8, 4) is 67.7 Å². The summed E-state index contributed by atoms with van der Waals surface area (Å²) in [6, 6.07) is 89.0. The quantitative estimate of drug-likeness (QED) is 0.156. The zero-order chi connectivity index (χ0) is 46.2. The molecule has 0 radical (unpaired) electrons. The van der Waals surface area contributed by atoms with Gasteiger partial charge in [0, 0.05) is 44.1 Å². The van der Waals surface area contributed by atoms with Gasteiger partial charge in [0.2, 0.25) is 0 Å². The molecule has 0 saturated heterocycles. The van der Waals surface area contributed by atoms with Crippen molar-refractivity contribution >= 4 is 38.7 Å². The largest absolute Gasteiger partial charge is 0.310 e. The van der Waals surface area contributed by atoms with Crippen LogP contribution in [0.25, 0.3) is 89.4 Å². The molecule has 0 fully saturated rings. The van der Waals surface area contributed by atoms with Gasteiger partial charge in [-0.2, -0.15) is 0 Å². The molecule has 3 heterocycles. The minimum absolute atomic E-state index is 0.629. The van der Waals surface area contributed by atoms with E-state index in [4.69, 9.17) is 19.9 Å². The number of nitrogens with zero attached hydrogens (tertiary/aromatic N) is 5. The second kappa shape index (κ2) is 15.9. The molecule has 70 heavy (non-hydrogen) atoms. The summed E-state index contributed by atoms with van der Waals surface area (Å²) in [4.78, 5) is 22.8. The molecule has 5 nitrogen and oxygen atoms in total. The molecule has 0 N–H and O–H groups in total. The van der Waals surface area contributed by atoms with E-state index in [1.807, 2.05) is 60.7 Å². The maximum absolute atomic E-state index is 5.40. The Morgan fingerprint density at radius 1 is 0.314 bits per heavy atom. The van der Waals surface area contributed by atoms with Crippen molar-refractivity contribution in [3.63, 3.8) is 0 Å². The van der Waals surface area contributed by atoms with E-state index < -0.39 is 5.41 Å². The van der Waals surface area contributed by atoms with Crippen molar-refractivity contribution in [2.45, 2.75) is 5.41 Å². The normalized spacial score (nSPS) is 12.9. The number of pyridine rings is 1. The lowest BCUT2D eigenvalue weighted by atomic mass is 9.64. The van der Waals surface area contributed by atoms with Crippen LogP contribution in [0, 0.1) is 0 Å². The van der Waals surface area contributed by atoms with Gasteiger partial charge in [-0.15, -0.1) is 0 Å². The average Bonchev–Trinajstić information content (AvgIpc) is 3.73. The summed E-state index contributed by atoms with van der Waals surface area (Å²) in [5.74, 6) is 1.91. The van der Waals surface area contributed by atoms with Crippen LogP contribution in [0.4, 0.5) is 17.1 Å². The molecule has 2 aromatic heterocycles.